The Hall–Kier alpha value is -0.650. The molecule has 0 unspecified atom stereocenters. The second kappa shape index (κ2) is 1.87. The van der Waals surface area contributed by atoms with E-state index in [1.807, 2.05) is 6.42 Å². The molecule has 7 heavy (non-hydrogen) atoms. The van der Waals surface area contributed by atoms with Crippen molar-refractivity contribution < 1.29 is 0 Å². The summed E-state index contributed by atoms with van der Waals surface area (Å²) in [5.41, 5.74) is 0. The molecule has 0 fully saturated rings. The molecule has 0 atom stereocenters. The van der Waals surface area contributed by atoms with Gasteiger partial charge in [0.15, 0.2) is 0 Å². The Morgan fingerprint density at radius 1 is 1.29 bits per heavy atom. The largest absolute Gasteiger partial charge is 0.0799 e. The highest BCUT2D eigenvalue weighted by molar-refractivity contribution is 5.17. The Labute approximate surface area is 44.5 Å². The Kier molecular flexibility index (Phi) is 1.21. The van der Waals surface area contributed by atoms with Gasteiger partial charge in [-0.05, 0) is 6.92 Å². The summed E-state index contributed by atoms with van der Waals surface area (Å²) >= 11 is 0. The molecule has 0 heteroatoms. The minimum atomic E-state index is 0.644. The smallest absolute Gasteiger partial charge is 0.0317 e. The Morgan fingerprint density at radius 2 is 1.86 bits per heavy atom. The molecular formula is C7H9+. The van der Waals surface area contributed by atoms with Gasteiger partial charge >= 0.3 is 0 Å². The third-order valence-corrected chi connectivity index (χ3v) is 1.05. The Bertz CT molecular complexity index is 86.6. The van der Waals surface area contributed by atoms with Crippen molar-refractivity contribution in [3.05, 3.63) is 30.7 Å². The van der Waals surface area contributed by atoms with Gasteiger partial charge in [0.25, 0.3) is 0 Å². The van der Waals surface area contributed by atoms with Crippen molar-refractivity contribution in [2.24, 2.45) is 5.92 Å². The van der Waals surface area contributed by atoms with E-state index in [0.29, 0.717) is 5.92 Å². The molecule has 0 bridgehead atoms. The van der Waals surface area contributed by atoms with Crippen molar-refractivity contribution in [3.63, 3.8) is 0 Å². The molecule has 0 amide bonds. The molecule has 0 heterocycles. The predicted molar refractivity (Wildman–Crippen MR) is 31.7 cm³/mol. The molecule has 0 nitrogen and oxygen atoms in total. The Morgan fingerprint density at radius 3 is 2.14 bits per heavy atom. The van der Waals surface area contributed by atoms with Crippen molar-refractivity contribution >= 4 is 0 Å². The second-order valence-corrected chi connectivity index (χ2v) is 1.82. The minimum Gasteiger partial charge on any atom is -0.0317 e. The maximum Gasteiger partial charge on any atom is 0.0799 e. The van der Waals surface area contributed by atoms with E-state index in [1.165, 1.54) is 0 Å². The molecule has 0 spiro atoms. The first-order chi connectivity index (χ1) is 3.39. The van der Waals surface area contributed by atoms with E-state index in [2.05, 4.69) is 31.2 Å². The van der Waals surface area contributed by atoms with Gasteiger partial charge in [0.2, 0.25) is 0 Å². The van der Waals surface area contributed by atoms with Crippen LogP contribution in [0.5, 0.6) is 0 Å². The van der Waals surface area contributed by atoms with Crippen molar-refractivity contribution in [3.8, 4) is 0 Å². The fourth-order valence-electron chi connectivity index (χ4n) is 0.607. The zero-order chi connectivity index (χ0) is 5.11. The first kappa shape index (κ1) is 4.51. The summed E-state index contributed by atoms with van der Waals surface area (Å²) < 4.78 is 0. The predicted octanol–water partition coefficient (Wildman–Crippen LogP) is 1.95. The SMILES string of the molecule is CC1C=C[CH+]C=C1. The quantitative estimate of drug-likeness (QED) is 0.401. The molecule has 0 radical (unpaired) electrons. The van der Waals surface area contributed by atoms with Gasteiger partial charge in [-0.25, -0.2) is 0 Å². The van der Waals surface area contributed by atoms with Crippen LogP contribution in [0.1, 0.15) is 6.92 Å². The summed E-state index contributed by atoms with van der Waals surface area (Å²) in [4.78, 5) is 0. The lowest BCUT2D eigenvalue weighted by Crippen LogP contribution is -1.85. The van der Waals surface area contributed by atoms with Gasteiger partial charge in [-0.2, -0.15) is 0 Å². The number of allylic oxidation sites excluding steroid dienone is 4. The molecule has 0 aromatic rings. The minimum absolute atomic E-state index is 0.644. The van der Waals surface area contributed by atoms with Gasteiger partial charge in [-0.1, -0.05) is 0 Å². The zero-order valence-corrected chi connectivity index (χ0v) is 4.46. The van der Waals surface area contributed by atoms with Crippen LogP contribution in [0, 0.1) is 12.3 Å². The van der Waals surface area contributed by atoms with Crippen molar-refractivity contribution in [2.45, 2.75) is 6.92 Å². The summed E-state index contributed by atoms with van der Waals surface area (Å²) in [5, 5.41) is 0. The maximum absolute atomic E-state index is 2.17. The molecule has 1 rings (SSSR count). The fraction of sp³-hybridized carbons (Fsp3) is 0.286. The highest BCUT2D eigenvalue weighted by Gasteiger charge is 1.99. The van der Waals surface area contributed by atoms with Gasteiger partial charge < -0.3 is 0 Å². The van der Waals surface area contributed by atoms with Gasteiger partial charge in [-0.3, -0.25) is 0 Å². The molecule has 0 aromatic carbocycles. The van der Waals surface area contributed by atoms with Crippen LogP contribution < -0.4 is 0 Å². The molecule has 0 aliphatic heterocycles. The topological polar surface area (TPSA) is 0 Å². The average molecular weight is 93.1 g/mol. The lowest BCUT2D eigenvalue weighted by atomic mass is 10.1. The van der Waals surface area contributed by atoms with Crippen molar-refractivity contribution in [2.75, 3.05) is 0 Å². The molecule has 1 aliphatic rings. The normalized spacial score (nSPS) is 19.6. The summed E-state index contributed by atoms with van der Waals surface area (Å²) in [5.74, 6) is 0.644. The number of hydrogen-bond donors (Lipinski definition) is 0. The van der Waals surface area contributed by atoms with E-state index in [9.17, 15) is 0 Å². The van der Waals surface area contributed by atoms with Gasteiger partial charge in [-0.15, -0.1) is 0 Å². The highest BCUT2D eigenvalue weighted by Crippen LogP contribution is 2.05. The molecule has 0 aromatic heterocycles. The van der Waals surface area contributed by atoms with Crippen LogP contribution in [0.2, 0.25) is 0 Å². The fourth-order valence-corrected chi connectivity index (χ4v) is 0.607. The molecule has 0 saturated heterocycles. The second-order valence-electron chi connectivity index (χ2n) is 1.82. The van der Waals surface area contributed by atoms with Crippen LogP contribution in [0.3, 0.4) is 0 Å². The zero-order valence-electron chi connectivity index (χ0n) is 4.46. The van der Waals surface area contributed by atoms with Gasteiger partial charge in [0.1, 0.15) is 0 Å². The van der Waals surface area contributed by atoms with Gasteiger partial charge in [0, 0.05) is 30.7 Å². The van der Waals surface area contributed by atoms with Crippen LogP contribution in [-0.4, -0.2) is 0 Å². The number of hydrogen-bond acceptors (Lipinski definition) is 0. The van der Waals surface area contributed by atoms with E-state index >= 15 is 0 Å². The van der Waals surface area contributed by atoms with Crippen LogP contribution >= 0.6 is 0 Å². The Balaban J connectivity index is 2.49. The standard InChI is InChI=1S/C7H9/c1-7-5-3-2-4-6-7/h2-7H,1H3/q+1. The van der Waals surface area contributed by atoms with E-state index in [4.69, 9.17) is 0 Å². The van der Waals surface area contributed by atoms with E-state index < -0.39 is 0 Å². The van der Waals surface area contributed by atoms with Gasteiger partial charge in [0.05, 0.1) is 5.92 Å². The molecule has 0 saturated carbocycles. The summed E-state index contributed by atoms with van der Waals surface area (Å²) in [7, 11) is 0. The van der Waals surface area contributed by atoms with Crippen LogP contribution in [0.4, 0.5) is 0 Å². The molecule has 1 aliphatic carbocycles. The van der Waals surface area contributed by atoms with Crippen LogP contribution in [0.25, 0.3) is 0 Å². The third-order valence-electron chi connectivity index (χ3n) is 1.05. The van der Waals surface area contributed by atoms with E-state index in [0.717, 1.165) is 0 Å². The monoisotopic (exact) mass is 93.1 g/mol. The first-order valence-corrected chi connectivity index (χ1v) is 2.58. The summed E-state index contributed by atoms with van der Waals surface area (Å²) in [6.45, 7) is 2.17. The highest BCUT2D eigenvalue weighted by atomic mass is 14.0. The summed E-state index contributed by atoms with van der Waals surface area (Å²) in [6, 6.07) is 0. The molecular weight excluding hydrogens is 84.1 g/mol. The third kappa shape index (κ3) is 1.11. The molecule has 36 valence electrons. The van der Waals surface area contributed by atoms with Crippen molar-refractivity contribution in [1.82, 2.24) is 0 Å². The van der Waals surface area contributed by atoms with E-state index in [1.54, 1.807) is 0 Å². The lowest BCUT2D eigenvalue weighted by Gasteiger charge is -1.90. The first-order valence-electron chi connectivity index (χ1n) is 2.58. The van der Waals surface area contributed by atoms with Crippen LogP contribution in [-0.2, 0) is 0 Å². The maximum atomic E-state index is 2.17. The average Bonchev–Trinajstić information content (AvgIpc) is 1.69. The van der Waals surface area contributed by atoms with E-state index in [-0.39, 0.29) is 0 Å². The van der Waals surface area contributed by atoms with Crippen LogP contribution in [0.15, 0.2) is 24.3 Å². The molecule has 0 N–H and O–H groups in total. The summed E-state index contributed by atoms with van der Waals surface area (Å²) in [6.07, 6.45) is 10.5. The number of rotatable bonds is 0. The van der Waals surface area contributed by atoms with Crippen molar-refractivity contribution in [1.29, 1.82) is 0 Å². The lowest BCUT2D eigenvalue weighted by molar-refractivity contribution is 0.928.